The van der Waals surface area contributed by atoms with E-state index in [0.717, 1.165) is 76.5 Å². The minimum atomic E-state index is 0.0565. The molecular formula is C21H30N6O3. The molecule has 1 aliphatic heterocycles. The number of amides is 1. The van der Waals surface area contributed by atoms with Crippen molar-refractivity contribution >= 4 is 11.6 Å². The Labute approximate surface area is 176 Å². The number of carbonyl (C=O) groups excluding carboxylic acids is 1. The number of carbonyl (C=O) groups is 1. The number of aromatic nitrogens is 4. The highest BCUT2D eigenvalue weighted by molar-refractivity contribution is 5.92. The molecule has 1 aromatic carbocycles. The van der Waals surface area contributed by atoms with Crippen molar-refractivity contribution in [2.75, 3.05) is 44.8 Å². The van der Waals surface area contributed by atoms with Crippen molar-refractivity contribution in [2.24, 2.45) is 11.8 Å². The summed E-state index contributed by atoms with van der Waals surface area (Å²) in [6.45, 7) is 5.83. The average molecular weight is 415 g/mol. The monoisotopic (exact) mass is 414 g/mol. The van der Waals surface area contributed by atoms with Crippen LogP contribution in [0.1, 0.15) is 25.7 Å². The van der Waals surface area contributed by atoms with Gasteiger partial charge >= 0.3 is 0 Å². The highest BCUT2D eigenvalue weighted by Crippen LogP contribution is 2.30. The largest absolute Gasteiger partial charge is 0.492 e. The van der Waals surface area contributed by atoms with Gasteiger partial charge in [0.05, 0.1) is 13.2 Å². The molecule has 0 unspecified atom stereocenters. The lowest BCUT2D eigenvalue weighted by molar-refractivity contribution is -0.121. The summed E-state index contributed by atoms with van der Waals surface area (Å²) in [7, 11) is 0. The van der Waals surface area contributed by atoms with Crippen LogP contribution < -0.4 is 10.1 Å². The van der Waals surface area contributed by atoms with Crippen molar-refractivity contribution in [2.45, 2.75) is 32.2 Å². The van der Waals surface area contributed by atoms with E-state index in [2.05, 4.69) is 25.7 Å². The van der Waals surface area contributed by atoms with E-state index >= 15 is 0 Å². The molecule has 0 atom stereocenters. The van der Waals surface area contributed by atoms with Gasteiger partial charge in [0.2, 0.25) is 5.91 Å². The van der Waals surface area contributed by atoms with Gasteiger partial charge in [-0.25, -0.2) is 4.68 Å². The zero-order chi connectivity index (χ0) is 20.6. The number of benzene rings is 1. The van der Waals surface area contributed by atoms with Crippen LogP contribution in [-0.4, -0.2) is 70.5 Å². The minimum absolute atomic E-state index is 0.0565. The Hall–Kier alpha value is -2.52. The molecule has 2 aliphatic rings. The van der Waals surface area contributed by atoms with Crippen LogP contribution in [0.2, 0.25) is 0 Å². The second kappa shape index (κ2) is 10.5. The molecule has 2 aromatic rings. The van der Waals surface area contributed by atoms with Crippen LogP contribution in [0.3, 0.4) is 0 Å². The molecule has 1 saturated carbocycles. The Morgan fingerprint density at radius 1 is 1.20 bits per heavy atom. The second-order valence-corrected chi connectivity index (χ2v) is 8.07. The lowest BCUT2D eigenvalue weighted by Gasteiger charge is -2.27. The number of nitrogens with one attached hydrogen (secondary N) is 1. The highest BCUT2D eigenvalue weighted by Gasteiger charge is 2.26. The molecule has 1 N–H and O–H groups in total. The Kier molecular flexibility index (Phi) is 7.25. The zero-order valence-electron chi connectivity index (χ0n) is 17.3. The van der Waals surface area contributed by atoms with Crippen LogP contribution in [0, 0.1) is 11.8 Å². The molecule has 0 bridgehead atoms. The molecule has 4 rings (SSSR count). The maximum atomic E-state index is 12.7. The molecule has 30 heavy (non-hydrogen) atoms. The maximum Gasteiger partial charge on any atom is 0.227 e. The number of morpholine rings is 1. The molecule has 1 aromatic heterocycles. The van der Waals surface area contributed by atoms with E-state index in [0.29, 0.717) is 12.5 Å². The summed E-state index contributed by atoms with van der Waals surface area (Å²) in [4.78, 5) is 15.1. The van der Waals surface area contributed by atoms with Gasteiger partial charge in [0.1, 0.15) is 18.7 Å². The molecule has 1 aliphatic carbocycles. The molecule has 0 radical (unpaired) electrons. The molecular weight excluding hydrogens is 384 g/mol. The summed E-state index contributed by atoms with van der Waals surface area (Å²) in [5, 5.41) is 14.4. The normalized spacial score (nSPS) is 22.5. The maximum absolute atomic E-state index is 12.7. The molecule has 9 heteroatoms. The lowest BCUT2D eigenvalue weighted by atomic mass is 9.81. The number of nitrogens with zero attached hydrogens (tertiary/aromatic N) is 5. The predicted octanol–water partition coefficient (Wildman–Crippen LogP) is 1.83. The van der Waals surface area contributed by atoms with Crippen molar-refractivity contribution in [3.8, 4) is 5.75 Å². The lowest BCUT2D eigenvalue weighted by Crippen LogP contribution is -2.38. The summed E-state index contributed by atoms with van der Waals surface area (Å²) in [6, 6.07) is 7.67. The van der Waals surface area contributed by atoms with E-state index in [9.17, 15) is 4.79 Å². The van der Waals surface area contributed by atoms with Gasteiger partial charge in [-0.3, -0.25) is 9.69 Å². The second-order valence-electron chi connectivity index (χ2n) is 8.07. The van der Waals surface area contributed by atoms with E-state index in [1.165, 1.54) is 0 Å². The van der Waals surface area contributed by atoms with Crippen LogP contribution in [0.25, 0.3) is 0 Å². The SMILES string of the molecule is O=C(Nc1cccc(OCCN2CCOCC2)c1)C1CCC(Cn2cnnn2)CC1. The summed E-state index contributed by atoms with van der Waals surface area (Å²) >= 11 is 0. The van der Waals surface area contributed by atoms with Crippen molar-refractivity contribution in [1.82, 2.24) is 25.1 Å². The highest BCUT2D eigenvalue weighted by atomic mass is 16.5. The van der Waals surface area contributed by atoms with Crippen molar-refractivity contribution in [3.05, 3.63) is 30.6 Å². The Morgan fingerprint density at radius 3 is 2.80 bits per heavy atom. The molecule has 2 heterocycles. The predicted molar refractivity (Wildman–Crippen MR) is 111 cm³/mol. The third-order valence-corrected chi connectivity index (χ3v) is 5.94. The molecule has 0 spiro atoms. The van der Waals surface area contributed by atoms with E-state index in [-0.39, 0.29) is 11.8 Å². The quantitative estimate of drug-likeness (QED) is 0.704. The van der Waals surface area contributed by atoms with E-state index < -0.39 is 0 Å². The fourth-order valence-corrected chi connectivity index (χ4v) is 4.16. The van der Waals surface area contributed by atoms with Gasteiger partial charge < -0.3 is 14.8 Å². The average Bonchev–Trinajstić information content (AvgIpc) is 3.28. The number of tetrazole rings is 1. The van der Waals surface area contributed by atoms with Crippen LogP contribution in [-0.2, 0) is 16.1 Å². The number of rotatable bonds is 8. The van der Waals surface area contributed by atoms with Gasteiger partial charge in [-0.2, -0.15) is 0 Å². The first kappa shape index (κ1) is 20.7. The third kappa shape index (κ3) is 5.99. The van der Waals surface area contributed by atoms with Gasteiger partial charge in [0.15, 0.2) is 0 Å². The van der Waals surface area contributed by atoms with Gasteiger partial charge in [-0.15, -0.1) is 5.10 Å². The van der Waals surface area contributed by atoms with Crippen LogP contribution >= 0.6 is 0 Å². The molecule has 1 amide bonds. The van der Waals surface area contributed by atoms with Crippen LogP contribution in [0.5, 0.6) is 5.75 Å². The summed E-state index contributed by atoms with van der Waals surface area (Å²) in [5.41, 5.74) is 0.791. The molecule has 2 fully saturated rings. The van der Waals surface area contributed by atoms with Gasteiger partial charge in [0, 0.05) is 43.9 Å². The first-order valence-corrected chi connectivity index (χ1v) is 10.8. The van der Waals surface area contributed by atoms with Crippen molar-refractivity contribution in [3.63, 3.8) is 0 Å². The van der Waals surface area contributed by atoms with Gasteiger partial charge in [-0.1, -0.05) is 6.07 Å². The first-order valence-electron chi connectivity index (χ1n) is 10.8. The fourth-order valence-electron chi connectivity index (χ4n) is 4.16. The third-order valence-electron chi connectivity index (χ3n) is 5.94. The molecule has 9 nitrogen and oxygen atoms in total. The van der Waals surface area contributed by atoms with Gasteiger partial charge in [0.25, 0.3) is 0 Å². The number of hydrogen-bond acceptors (Lipinski definition) is 7. The Morgan fingerprint density at radius 2 is 2.03 bits per heavy atom. The number of anilines is 1. The van der Waals surface area contributed by atoms with E-state index in [4.69, 9.17) is 9.47 Å². The summed E-state index contributed by atoms with van der Waals surface area (Å²) in [5.74, 6) is 1.47. The van der Waals surface area contributed by atoms with E-state index in [1.54, 1.807) is 11.0 Å². The first-order chi connectivity index (χ1) is 14.8. The Balaban J connectivity index is 1.20. The smallest absolute Gasteiger partial charge is 0.227 e. The van der Waals surface area contributed by atoms with Crippen LogP contribution in [0.4, 0.5) is 5.69 Å². The zero-order valence-corrected chi connectivity index (χ0v) is 17.3. The van der Waals surface area contributed by atoms with Crippen molar-refractivity contribution in [1.29, 1.82) is 0 Å². The standard InChI is InChI=1S/C21H30N6O3/c28-21(18-6-4-17(5-7-18)15-27-16-22-24-25-27)23-19-2-1-3-20(14-19)30-13-10-26-8-11-29-12-9-26/h1-3,14,16-18H,4-13,15H2,(H,23,28). The van der Waals surface area contributed by atoms with Crippen molar-refractivity contribution < 1.29 is 14.3 Å². The molecule has 1 saturated heterocycles. The summed E-state index contributed by atoms with van der Waals surface area (Å²) < 4.78 is 13.0. The number of hydrogen-bond donors (Lipinski definition) is 1. The van der Waals surface area contributed by atoms with Gasteiger partial charge in [-0.05, 0) is 54.2 Å². The van der Waals surface area contributed by atoms with E-state index in [1.807, 2.05) is 24.3 Å². The Bertz CT molecular complexity index is 786. The fraction of sp³-hybridized carbons (Fsp3) is 0.619. The molecule has 162 valence electrons. The minimum Gasteiger partial charge on any atom is -0.492 e. The summed E-state index contributed by atoms with van der Waals surface area (Å²) in [6.07, 6.45) is 5.48. The topological polar surface area (TPSA) is 94.4 Å². The van der Waals surface area contributed by atoms with Crippen LogP contribution in [0.15, 0.2) is 30.6 Å². The number of ether oxygens (including phenoxy) is 2.